The Kier molecular flexibility index (Phi) is 7.31. The van der Waals surface area contributed by atoms with Gasteiger partial charge in [-0.25, -0.2) is 4.98 Å². The van der Waals surface area contributed by atoms with Crippen molar-refractivity contribution in [1.29, 1.82) is 0 Å². The van der Waals surface area contributed by atoms with Gasteiger partial charge in [0, 0.05) is 22.4 Å². The van der Waals surface area contributed by atoms with Crippen LogP contribution in [0.15, 0.2) is 61.2 Å². The van der Waals surface area contributed by atoms with Crippen LogP contribution in [0.3, 0.4) is 0 Å². The lowest BCUT2D eigenvalue weighted by molar-refractivity contribution is 0.577. The summed E-state index contributed by atoms with van der Waals surface area (Å²) < 4.78 is 7.82. The fraction of sp³-hybridized carbons (Fsp3) is 0.111. The second-order valence-corrected chi connectivity index (χ2v) is 8.87. The number of rotatable bonds is 5. The molecule has 27 heavy (non-hydrogen) atoms. The lowest BCUT2D eigenvalue weighted by Crippen LogP contribution is -2.13. The Balaban J connectivity index is 1.82. The average Bonchev–Trinajstić information content (AvgIpc) is 3.17. The highest BCUT2D eigenvalue weighted by atomic mass is 35.5. The van der Waals surface area contributed by atoms with Crippen LogP contribution in [0.5, 0.6) is 5.75 Å². The van der Waals surface area contributed by atoms with Crippen molar-refractivity contribution in [3.63, 3.8) is 0 Å². The molecule has 9 heteroatoms. The molecule has 0 bridgehead atoms. The zero-order valence-corrected chi connectivity index (χ0v) is 18.2. The fourth-order valence-corrected chi connectivity index (χ4v) is 4.56. The van der Waals surface area contributed by atoms with E-state index in [0.29, 0.717) is 20.8 Å². The average molecular weight is 478 g/mol. The molecular weight excluding hydrogens is 466 g/mol. The van der Waals surface area contributed by atoms with Crippen molar-refractivity contribution in [2.75, 3.05) is 0 Å². The van der Waals surface area contributed by atoms with Crippen LogP contribution in [0.25, 0.3) is 0 Å². The van der Waals surface area contributed by atoms with Crippen LogP contribution in [0.1, 0.15) is 16.3 Å². The van der Waals surface area contributed by atoms with E-state index < -0.39 is 5.50 Å². The Morgan fingerprint density at radius 1 is 1.07 bits per heavy atom. The fourth-order valence-electron chi connectivity index (χ4n) is 2.28. The molecule has 1 aromatic heterocycles. The van der Waals surface area contributed by atoms with Gasteiger partial charge in [-0.05, 0) is 48.1 Å². The quantitative estimate of drug-likeness (QED) is 0.282. The minimum absolute atomic E-state index is 0.239. The number of imidazole rings is 1. The summed E-state index contributed by atoms with van der Waals surface area (Å²) in [5.74, 6) is 0.433. The molecule has 1 heterocycles. The number of aromatic nitrogens is 2. The molecule has 3 rings (SSSR count). The third-order valence-corrected chi connectivity index (χ3v) is 6.41. The Morgan fingerprint density at radius 2 is 1.78 bits per heavy atom. The van der Waals surface area contributed by atoms with Gasteiger partial charge >= 0.3 is 0 Å². The molecular formula is C18H12Cl4N2OS2. The normalized spacial score (nSPS) is 13.2. The van der Waals surface area contributed by atoms with Gasteiger partial charge in [-0.2, -0.15) is 0 Å². The molecule has 3 aromatic rings. The van der Waals surface area contributed by atoms with E-state index in [1.54, 1.807) is 41.5 Å². The van der Waals surface area contributed by atoms with Gasteiger partial charge < -0.3 is 9.30 Å². The topological polar surface area (TPSA) is 27.1 Å². The molecule has 140 valence electrons. The molecule has 0 amide bonds. The summed E-state index contributed by atoms with van der Waals surface area (Å²) in [6, 6.07) is 12.4. The van der Waals surface area contributed by atoms with Crippen LogP contribution < -0.4 is 4.74 Å². The third kappa shape index (κ3) is 5.53. The van der Waals surface area contributed by atoms with Gasteiger partial charge in [-0.15, -0.1) is 0 Å². The molecule has 3 nitrogen and oxygen atoms in total. The number of alkyl halides is 1. The van der Waals surface area contributed by atoms with Gasteiger partial charge in [0.1, 0.15) is 11.3 Å². The first-order valence-electron chi connectivity index (χ1n) is 7.64. The molecule has 0 fully saturated rings. The highest BCUT2D eigenvalue weighted by Gasteiger charge is 2.26. The molecule has 0 aliphatic carbocycles. The molecule has 0 aliphatic heterocycles. The summed E-state index contributed by atoms with van der Waals surface area (Å²) in [5, 5.41) is 1.30. The second-order valence-electron chi connectivity index (χ2n) is 5.40. The first-order chi connectivity index (χ1) is 12.9. The first kappa shape index (κ1) is 20.8. The van der Waals surface area contributed by atoms with Gasteiger partial charge in [0.2, 0.25) is 4.38 Å². The number of nitrogens with zero attached hydrogens (tertiary/aromatic N) is 2. The number of ether oxygens (including phenoxy) is 1. The van der Waals surface area contributed by atoms with Gasteiger partial charge in [0.15, 0.2) is 0 Å². The Bertz CT molecular complexity index is 920. The largest absolute Gasteiger partial charge is 0.438 e. The van der Waals surface area contributed by atoms with Crippen LogP contribution in [-0.4, -0.2) is 13.9 Å². The van der Waals surface area contributed by atoms with Crippen LogP contribution in [0, 0.1) is 0 Å². The van der Waals surface area contributed by atoms with Crippen molar-refractivity contribution in [2.45, 2.75) is 10.8 Å². The van der Waals surface area contributed by atoms with E-state index in [1.807, 2.05) is 24.3 Å². The Hall–Kier alpha value is -0.950. The highest BCUT2D eigenvalue weighted by molar-refractivity contribution is 8.22. The zero-order valence-electron chi connectivity index (χ0n) is 13.6. The van der Waals surface area contributed by atoms with Gasteiger partial charge in [0.25, 0.3) is 0 Å². The smallest absolute Gasteiger partial charge is 0.226 e. The Labute approximate surface area is 186 Å². The highest BCUT2D eigenvalue weighted by Crippen LogP contribution is 2.43. The van der Waals surface area contributed by atoms with Crippen molar-refractivity contribution in [3.05, 3.63) is 81.8 Å². The lowest BCUT2D eigenvalue weighted by Gasteiger charge is -2.23. The van der Waals surface area contributed by atoms with Crippen LogP contribution in [-0.2, 0) is 0 Å². The van der Waals surface area contributed by atoms with Crippen molar-refractivity contribution in [1.82, 2.24) is 9.55 Å². The van der Waals surface area contributed by atoms with Crippen molar-refractivity contribution >= 4 is 74.8 Å². The summed E-state index contributed by atoms with van der Waals surface area (Å²) in [6.07, 6.45) is 5.11. The SMILES string of the molecule is S=C(Oc1ccc(Cl)cc1Cl)SC(c1ccc(Cl)cc1)C(Cl)n1ccnc1. The van der Waals surface area contributed by atoms with Gasteiger partial charge in [-0.3, -0.25) is 0 Å². The van der Waals surface area contributed by atoms with Crippen LogP contribution in [0.4, 0.5) is 0 Å². The minimum atomic E-state index is -0.444. The lowest BCUT2D eigenvalue weighted by atomic mass is 10.1. The number of halogens is 4. The maximum absolute atomic E-state index is 6.70. The van der Waals surface area contributed by atoms with Gasteiger partial charge in [-0.1, -0.05) is 70.3 Å². The van der Waals surface area contributed by atoms with Crippen LogP contribution in [0.2, 0.25) is 15.1 Å². The Morgan fingerprint density at radius 3 is 2.41 bits per heavy atom. The van der Waals surface area contributed by atoms with E-state index in [1.165, 1.54) is 11.8 Å². The molecule has 0 radical (unpaired) electrons. The number of thiocarbonyl (C=S) groups is 1. The van der Waals surface area contributed by atoms with E-state index in [-0.39, 0.29) is 9.63 Å². The molecule has 2 atom stereocenters. The number of hydrogen-bond acceptors (Lipinski definition) is 4. The van der Waals surface area contributed by atoms with E-state index in [9.17, 15) is 0 Å². The molecule has 0 saturated carbocycles. The van der Waals surface area contributed by atoms with Crippen molar-refractivity contribution in [3.8, 4) is 5.75 Å². The third-order valence-electron chi connectivity index (χ3n) is 3.57. The summed E-state index contributed by atoms with van der Waals surface area (Å²) in [5.41, 5.74) is 0.507. The summed E-state index contributed by atoms with van der Waals surface area (Å²) in [4.78, 5) is 4.05. The summed E-state index contributed by atoms with van der Waals surface area (Å²) in [7, 11) is 0. The standard InChI is InChI=1S/C18H12Cl4N2OS2/c19-12-3-1-11(2-4-12)16(17(22)24-8-7-23-10-24)27-18(26)25-15-6-5-13(20)9-14(15)21/h1-10,16-17H. The molecule has 0 saturated heterocycles. The van der Waals surface area contributed by atoms with E-state index in [0.717, 1.165) is 5.56 Å². The van der Waals surface area contributed by atoms with E-state index in [4.69, 9.17) is 63.4 Å². The monoisotopic (exact) mass is 476 g/mol. The minimum Gasteiger partial charge on any atom is -0.438 e. The first-order valence-corrected chi connectivity index (χ1v) is 10.5. The molecule has 0 N–H and O–H groups in total. The summed E-state index contributed by atoms with van der Waals surface area (Å²) in [6.45, 7) is 0. The van der Waals surface area contributed by atoms with Crippen molar-refractivity contribution in [2.24, 2.45) is 0 Å². The van der Waals surface area contributed by atoms with Crippen LogP contribution >= 0.6 is 70.4 Å². The van der Waals surface area contributed by atoms with Gasteiger partial charge in [0.05, 0.1) is 16.6 Å². The molecule has 0 aliphatic rings. The molecule has 2 unspecified atom stereocenters. The number of benzene rings is 2. The maximum atomic E-state index is 6.70. The number of hydrogen-bond donors (Lipinski definition) is 0. The second kappa shape index (κ2) is 9.50. The maximum Gasteiger partial charge on any atom is 0.226 e. The predicted octanol–water partition coefficient (Wildman–Crippen LogP) is 7.42. The van der Waals surface area contributed by atoms with E-state index >= 15 is 0 Å². The van der Waals surface area contributed by atoms with E-state index in [2.05, 4.69) is 4.98 Å². The molecule has 2 aromatic carbocycles. The molecule has 0 spiro atoms. The predicted molar refractivity (Wildman–Crippen MR) is 119 cm³/mol. The van der Waals surface area contributed by atoms with Crippen molar-refractivity contribution < 1.29 is 4.74 Å². The summed E-state index contributed by atoms with van der Waals surface area (Å²) >= 11 is 31.5. The zero-order chi connectivity index (χ0) is 19.4. The number of thioether (sulfide) groups is 1.